The largest absolute Gasteiger partial charge is 0.465 e. The van der Waals surface area contributed by atoms with E-state index in [2.05, 4.69) is 6.58 Å². The molecule has 0 fully saturated rings. The number of esters is 1. The van der Waals surface area contributed by atoms with Crippen LogP contribution in [0.1, 0.15) is 34.1 Å². The van der Waals surface area contributed by atoms with Gasteiger partial charge in [-0.05, 0) is 13.3 Å². The van der Waals surface area contributed by atoms with Crippen LogP contribution < -0.4 is 0 Å². The van der Waals surface area contributed by atoms with Gasteiger partial charge in [0.25, 0.3) is 0 Å². The highest BCUT2D eigenvalue weighted by molar-refractivity contribution is 5.85. The summed E-state index contributed by atoms with van der Waals surface area (Å²) in [7, 11) is 0. The maximum atomic E-state index is 12.2. The fourth-order valence-corrected chi connectivity index (χ4v) is 1.32. The van der Waals surface area contributed by atoms with Gasteiger partial charge < -0.3 is 9.64 Å². The van der Waals surface area contributed by atoms with Crippen molar-refractivity contribution in [3.8, 4) is 0 Å². The van der Waals surface area contributed by atoms with Gasteiger partial charge in [0, 0.05) is 12.0 Å². The second-order valence-corrected chi connectivity index (χ2v) is 4.52. The van der Waals surface area contributed by atoms with Crippen LogP contribution in [0.4, 0.5) is 0 Å². The Morgan fingerprint density at radius 1 is 1.35 bits per heavy atom. The highest BCUT2D eigenvalue weighted by Gasteiger charge is 2.30. The van der Waals surface area contributed by atoms with Crippen molar-refractivity contribution in [1.82, 2.24) is 4.90 Å². The van der Waals surface area contributed by atoms with E-state index < -0.39 is 5.41 Å². The van der Waals surface area contributed by atoms with Gasteiger partial charge in [0.1, 0.15) is 6.54 Å². The zero-order chi connectivity index (χ0) is 13.5. The summed E-state index contributed by atoms with van der Waals surface area (Å²) < 4.78 is 4.85. The van der Waals surface area contributed by atoms with Crippen LogP contribution in [0.3, 0.4) is 0 Å². The average Bonchev–Trinajstić information content (AvgIpc) is 2.27. The maximum Gasteiger partial charge on any atom is 0.325 e. The van der Waals surface area contributed by atoms with Crippen molar-refractivity contribution in [1.29, 1.82) is 0 Å². The molecule has 0 saturated heterocycles. The van der Waals surface area contributed by atoms with Gasteiger partial charge in [-0.15, -0.1) is 6.58 Å². The molecule has 0 saturated carbocycles. The first kappa shape index (κ1) is 15.7. The molecule has 0 aromatic heterocycles. The van der Waals surface area contributed by atoms with Crippen LogP contribution in [0.25, 0.3) is 0 Å². The number of carbonyl (C=O) groups is 2. The molecule has 0 rings (SSSR count). The molecule has 4 heteroatoms. The quantitative estimate of drug-likeness (QED) is 0.506. The molecule has 0 aliphatic heterocycles. The molecule has 4 nitrogen and oxygen atoms in total. The predicted molar refractivity (Wildman–Crippen MR) is 67.5 cm³/mol. The fraction of sp³-hybridized carbons (Fsp3) is 0.692. The molecule has 98 valence electrons. The molecule has 1 amide bonds. The third-order valence-corrected chi connectivity index (χ3v) is 2.72. The molecule has 0 heterocycles. The zero-order valence-corrected chi connectivity index (χ0v) is 11.3. The molecule has 0 radical (unpaired) electrons. The molecular weight excluding hydrogens is 218 g/mol. The lowest BCUT2D eigenvalue weighted by Gasteiger charge is -2.29. The van der Waals surface area contributed by atoms with Crippen molar-refractivity contribution in [2.24, 2.45) is 5.41 Å². The Morgan fingerprint density at radius 3 is 2.35 bits per heavy atom. The van der Waals surface area contributed by atoms with Crippen molar-refractivity contribution in [3.63, 3.8) is 0 Å². The Kier molecular flexibility index (Phi) is 6.54. The van der Waals surface area contributed by atoms with E-state index in [4.69, 9.17) is 4.74 Å². The second kappa shape index (κ2) is 7.09. The van der Waals surface area contributed by atoms with Crippen molar-refractivity contribution in [3.05, 3.63) is 12.7 Å². The Bertz CT molecular complexity index is 284. The lowest BCUT2D eigenvalue weighted by molar-refractivity contribution is -0.151. The van der Waals surface area contributed by atoms with Crippen LogP contribution in [0.15, 0.2) is 12.7 Å². The first-order valence-electron chi connectivity index (χ1n) is 5.94. The highest BCUT2D eigenvalue weighted by Crippen LogP contribution is 2.22. The van der Waals surface area contributed by atoms with Gasteiger partial charge in [-0.2, -0.15) is 0 Å². The summed E-state index contributed by atoms with van der Waals surface area (Å²) in [6.07, 6.45) is 2.34. The third kappa shape index (κ3) is 5.02. The number of carbonyl (C=O) groups excluding carboxylic acids is 2. The summed E-state index contributed by atoms with van der Waals surface area (Å²) in [5.74, 6) is -0.428. The first-order valence-corrected chi connectivity index (χ1v) is 5.94. The molecule has 0 aliphatic carbocycles. The van der Waals surface area contributed by atoms with E-state index in [1.54, 1.807) is 13.0 Å². The van der Waals surface area contributed by atoms with Crippen molar-refractivity contribution in [2.75, 3.05) is 19.7 Å². The minimum Gasteiger partial charge on any atom is -0.465 e. The fourth-order valence-electron chi connectivity index (χ4n) is 1.32. The van der Waals surface area contributed by atoms with Gasteiger partial charge in [-0.3, -0.25) is 9.59 Å². The Hall–Kier alpha value is -1.32. The monoisotopic (exact) mass is 241 g/mol. The Labute approximate surface area is 104 Å². The summed E-state index contributed by atoms with van der Waals surface area (Å²) in [4.78, 5) is 25.1. The average molecular weight is 241 g/mol. The van der Waals surface area contributed by atoms with Crippen LogP contribution in [0.2, 0.25) is 0 Å². The number of hydrogen-bond acceptors (Lipinski definition) is 3. The normalized spacial score (nSPS) is 10.8. The standard InChI is InChI=1S/C13H23NO3/c1-6-9-14(10-11(15)17-8-3)12(16)13(4,5)7-2/h6H,1,7-10H2,2-5H3. The number of rotatable bonds is 7. The van der Waals surface area contributed by atoms with E-state index >= 15 is 0 Å². The van der Waals surface area contributed by atoms with Crippen LogP contribution >= 0.6 is 0 Å². The molecule has 0 spiro atoms. The van der Waals surface area contributed by atoms with Crippen molar-refractivity contribution < 1.29 is 14.3 Å². The minimum atomic E-state index is -0.463. The molecule has 0 unspecified atom stereocenters. The Morgan fingerprint density at radius 2 is 1.94 bits per heavy atom. The van der Waals surface area contributed by atoms with Crippen molar-refractivity contribution in [2.45, 2.75) is 34.1 Å². The van der Waals surface area contributed by atoms with E-state index in [-0.39, 0.29) is 18.4 Å². The van der Waals surface area contributed by atoms with Gasteiger partial charge in [-0.1, -0.05) is 26.8 Å². The molecule has 0 aromatic rings. The van der Waals surface area contributed by atoms with Crippen LogP contribution in [-0.2, 0) is 14.3 Å². The minimum absolute atomic E-state index is 0.0118. The zero-order valence-electron chi connectivity index (χ0n) is 11.3. The second-order valence-electron chi connectivity index (χ2n) is 4.52. The summed E-state index contributed by atoms with van der Waals surface area (Å²) in [6.45, 7) is 11.7. The number of hydrogen-bond donors (Lipinski definition) is 0. The van der Waals surface area contributed by atoms with E-state index in [1.807, 2.05) is 20.8 Å². The summed E-state index contributed by atoms with van der Waals surface area (Å²) >= 11 is 0. The van der Waals surface area contributed by atoms with Crippen LogP contribution in [0.5, 0.6) is 0 Å². The Balaban J connectivity index is 4.67. The number of amides is 1. The van der Waals surface area contributed by atoms with Crippen LogP contribution in [0, 0.1) is 5.41 Å². The SMILES string of the molecule is C=CCN(CC(=O)OCC)C(=O)C(C)(C)CC. The predicted octanol–water partition coefficient (Wildman–Crippen LogP) is 2.00. The van der Waals surface area contributed by atoms with Crippen LogP contribution in [-0.4, -0.2) is 36.5 Å². The molecule has 0 atom stereocenters. The number of nitrogens with zero attached hydrogens (tertiary/aromatic N) is 1. The molecular formula is C13H23NO3. The molecule has 17 heavy (non-hydrogen) atoms. The molecule has 0 aliphatic rings. The maximum absolute atomic E-state index is 12.2. The lowest BCUT2D eigenvalue weighted by Crippen LogP contribution is -2.43. The molecule has 0 bridgehead atoms. The smallest absolute Gasteiger partial charge is 0.325 e. The van der Waals surface area contributed by atoms with E-state index in [1.165, 1.54) is 4.90 Å². The van der Waals surface area contributed by atoms with Gasteiger partial charge in [0.2, 0.25) is 5.91 Å². The topological polar surface area (TPSA) is 46.6 Å². The van der Waals surface area contributed by atoms with E-state index in [9.17, 15) is 9.59 Å². The summed E-state index contributed by atoms with van der Waals surface area (Å²) in [5.41, 5.74) is -0.463. The van der Waals surface area contributed by atoms with Gasteiger partial charge >= 0.3 is 5.97 Å². The third-order valence-electron chi connectivity index (χ3n) is 2.72. The van der Waals surface area contributed by atoms with Gasteiger partial charge in [0.05, 0.1) is 6.61 Å². The van der Waals surface area contributed by atoms with E-state index in [0.717, 1.165) is 6.42 Å². The van der Waals surface area contributed by atoms with Crippen molar-refractivity contribution >= 4 is 11.9 Å². The van der Waals surface area contributed by atoms with E-state index in [0.29, 0.717) is 13.2 Å². The molecule has 0 aromatic carbocycles. The highest BCUT2D eigenvalue weighted by atomic mass is 16.5. The first-order chi connectivity index (χ1) is 7.88. The number of ether oxygens (including phenoxy) is 1. The van der Waals surface area contributed by atoms with Gasteiger partial charge in [-0.25, -0.2) is 0 Å². The summed E-state index contributed by atoms with van der Waals surface area (Å²) in [5, 5.41) is 0. The van der Waals surface area contributed by atoms with Gasteiger partial charge in [0.15, 0.2) is 0 Å². The molecule has 0 N–H and O–H groups in total. The lowest BCUT2D eigenvalue weighted by atomic mass is 9.88. The summed E-state index contributed by atoms with van der Waals surface area (Å²) in [6, 6.07) is 0.